The summed E-state index contributed by atoms with van der Waals surface area (Å²) in [6, 6.07) is 4.40. The van der Waals surface area contributed by atoms with E-state index in [4.69, 9.17) is 26.6 Å². The molecule has 0 aliphatic carbocycles. The summed E-state index contributed by atoms with van der Waals surface area (Å²) in [5, 5.41) is 0.336. The lowest BCUT2D eigenvalue weighted by atomic mass is 9.75. The Labute approximate surface area is 118 Å². The molecule has 2 N–H and O–H groups in total. The number of halogens is 2. The Morgan fingerprint density at radius 2 is 1.74 bits per heavy atom. The molecule has 1 unspecified atom stereocenters. The molecule has 2 rings (SSSR count). The molecule has 1 heterocycles. The Balaban J connectivity index is 2.24. The summed E-state index contributed by atoms with van der Waals surface area (Å²) in [5.41, 5.74) is 5.42. The minimum atomic E-state index is -0.696. The van der Waals surface area contributed by atoms with E-state index in [1.165, 1.54) is 6.07 Å². The van der Waals surface area contributed by atoms with Gasteiger partial charge in [-0.25, -0.2) is 4.39 Å². The third-order valence-electron chi connectivity index (χ3n) is 3.89. The summed E-state index contributed by atoms with van der Waals surface area (Å²) >= 11 is 5.73. The highest BCUT2D eigenvalue weighted by Crippen LogP contribution is 2.39. The summed E-state index contributed by atoms with van der Waals surface area (Å²) in [6.07, 6.45) is 0. The predicted octanol–water partition coefficient (Wildman–Crippen LogP) is 3.11. The second-order valence-corrected chi connectivity index (χ2v) is 6.25. The minimum absolute atomic E-state index is 0.336. The van der Waals surface area contributed by atoms with Gasteiger partial charge in [-0.2, -0.15) is 0 Å². The van der Waals surface area contributed by atoms with E-state index in [-0.39, 0.29) is 0 Å². The van der Waals surface area contributed by atoms with Crippen LogP contribution in [0.3, 0.4) is 0 Å². The lowest BCUT2D eigenvalue weighted by Gasteiger charge is -2.32. The second-order valence-electron chi connectivity index (χ2n) is 5.82. The van der Waals surface area contributed by atoms with E-state index in [0.29, 0.717) is 10.6 Å². The fraction of sp³-hybridized carbons (Fsp3) is 0.538. The zero-order valence-electron chi connectivity index (χ0n) is 11.5. The molecule has 1 aromatic carbocycles. The number of benzene rings is 1. The summed E-state index contributed by atoms with van der Waals surface area (Å²) in [5.74, 6) is -1.15. The summed E-state index contributed by atoms with van der Waals surface area (Å²) in [6.45, 7) is 7.71. The molecular weight excluding hydrogens is 267 g/mol. The van der Waals surface area contributed by atoms with E-state index in [0.717, 1.165) is 0 Å². The maximum Gasteiger partial charge on any atom is 0.480 e. The van der Waals surface area contributed by atoms with Gasteiger partial charge in [-0.1, -0.05) is 17.7 Å². The maximum absolute atomic E-state index is 13.9. The van der Waals surface area contributed by atoms with E-state index in [9.17, 15) is 4.39 Å². The third kappa shape index (κ3) is 2.65. The topological polar surface area (TPSA) is 44.5 Å². The van der Waals surface area contributed by atoms with Crippen molar-refractivity contribution in [1.82, 2.24) is 0 Å². The van der Waals surface area contributed by atoms with Gasteiger partial charge in [-0.05, 0) is 39.8 Å². The van der Waals surface area contributed by atoms with Crippen molar-refractivity contribution in [2.75, 3.05) is 0 Å². The fourth-order valence-corrected chi connectivity index (χ4v) is 2.11. The molecule has 0 amide bonds. The normalized spacial score (nSPS) is 22.6. The van der Waals surface area contributed by atoms with Crippen molar-refractivity contribution in [1.29, 1.82) is 0 Å². The Hall–Kier alpha value is -0.615. The van der Waals surface area contributed by atoms with Crippen LogP contribution in [0.15, 0.2) is 18.2 Å². The predicted molar refractivity (Wildman–Crippen MR) is 74.4 cm³/mol. The van der Waals surface area contributed by atoms with Crippen LogP contribution in [-0.4, -0.2) is 18.3 Å². The molecule has 3 nitrogen and oxygen atoms in total. The quantitative estimate of drug-likeness (QED) is 0.849. The number of nitrogens with two attached hydrogens (primary N) is 1. The van der Waals surface area contributed by atoms with Crippen LogP contribution in [0.4, 0.5) is 4.39 Å². The highest BCUT2D eigenvalue weighted by Gasteiger charge is 2.53. The summed E-state index contributed by atoms with van der Waals surface area (Å²) < 4.78 is 25.5. The van der Waals surface area contributed by atoms with Crippen LogP contribution in [0.2, 0.25) is 5.02 Å². The molecule has 1 saturated heterocycles. The number of hydrogen-bond donors (Lipinski definition) is 1. The van der Waals surface area contributed by atoms with Crippen molar-refractivity contribution in [3.63, 3.8) is 0 Å². The van der Waals surface area contributed by atoms with E-state index in [1.807, 2.05) is 27.7 Å². The van der Waals surface area contributed by atoms with Crippen LogP contribution < -0.4 is 5.73 Å². The van der Waals surface area contributed by atoms with Crippen LogP contribution in [0.1, 0.15) is 39.2 Å². The molecule has 19 heavy (non-hydrogen) atoms. The molecule has 0 radical (unpaired) electrons. The highest BCUT2D eigenvalue weighted by molar-refractivity contribution is 6.47. The van der Waals surface area contributed by atoms with Crippen LogP contribution in [0.25, 0.3) is 0 Å². The molecule has 1 aromatic rings. The Kier molecular flexibility index (Phi) is 3.69. The van der Waals surface area contributed by atoms with E-state index in [2.05, 4.69) is 0 Å². The first-order valence-corrected chi connectivity index (χ1v) is 6.58. The average molecular weight is 286 g/mol. The molecule has 6 heteroatoms. The summed E-state index contributed by atoms with van der Waals surface area (Å²) in [7, 11) is -0.680. The fourth-order valence-electron chi connectivity index (χ4n) is 1.95. The molecule has 1 aliphatic heterocycles. The number of hydrogen-bond acceptors (Lipinski definition) is 3. The van der Waals surface area contributed by atoms with Crippen molar-refractivity contribution in [3.8, 4) is 0 Å². The first-order chi connectivity index (χ1) is 8.64. The van der Waals surface area contributed by atoms with Gasteiger partial charge in [0.2, 0.25) is 0 Å². The van der Waals surface area contributed by atoms with Gasteiger partial charge >= 0.3 is 7.12 Å². The van der Waals surface area contributed by atoms with Crippen molar-refractivity contribution in [3.05, 3.63) is 34.6 Å². The van der Waals surface area contributed by atoms with Gasteiger partial charge < -0.3 is 15.0 Å². The Bertz CT molecular complexity index is 480. The van der Waals surface area contributed by atoms with Crippen LogP contribution >= 0.6 is 11.6 Å². The third-order valence-corrected chi connectivity index (χ3v) is 4.12. The summed E-state index contributed by atoms with van der Waals surface area (Å²) in [4.78, 5) is 0. The van der Waals surface area contributed by atoms with Gasteiger partial charge in [0.15, 0.2) is 0 Å². The monoisotopic (exact) mass is 285 g/mol. The highest BCUT2D eigenvalue weighted by atomic mass is 35.5. The minimum Gasteiger partial charge on any atom is -0.402 e. The van der Waals surface area contributed by atoms with Crippen LogP contribution in [-0.2, 0) is 9.31 Å². The molecule has 0 aromatic heterocycles. The zero-order valence-corrected chi connectivity index (χ0v) is 12.3. The standard InChI is InChI=1S/C13H18BClFNO2/c1-12(2)13(3,4)19-14(18-12)11(17)9-6-5-8(15)7-10(9)16/h5-7,11H,17H2,1-4H3. The molecule has 1 aliphatic rings. The zero-order chi connectivity index (χ0) is 14.4. The van der Waals surface area contributed by atoms with E-state index >= 15 is 0 Å². The van der Waals surface area contributed by atoms with Crippen molar-refractivity contribution < 1.29 is 13.7 Å². The molecule has 0 saturated carbocycles. The van der Waals surface area contributed by atoms with Gasteiger partial charge in [0.25, 0.3) is 0 Å². The van der Waals surface area contributed by atoms with Gasteiger partial charge in [0.05, 0.1) is 17.1 Å². The largest absolute Gasteiger partial charge is 0.480 e. The molecule has 0 spiro atoms. The van der Waals surface area contributed by atoms with Crippen molar-refractivity contribution in [2.45, 2.75) is 44.8 Å². The van der Waals surface area contributed by atoms with Gasteiger partial charge in [0.1, 0.15) is 5.82 Å². The van der Waals surface area contributed by atoms with Crippen molar-refractivity contribution in [2.24, 2.45) is 5.73 Å². The maximum atomic E-state index is 13.9. The van der Waals surface area contributed by atoms with E-state index < -0.39 is 30.1 Å². The molecule has 1 fully saturated rings. The van der Waals surface area contributed by atoms with Crippen molar-refractivity contribution >= 4 is 18.7 Å². The Morgan fingerprint density at radius 3 is 2.21 bits per heavy atom. The SMILES string of the molecule is CC1(C)OB(C(N)c2ccc(Cl)cc2F)OC1(C)C. The lowest BCUT2D eigenvalue weighted by Crippen LogP contribution is -2.41. The molecule has 104 valence electrons. The van der Waals surface area contributed by atoms with Gasteiger partial charge in [-0.15, -0.1) is 0 Å². The molecule has 1 atom stereocenters. The molecular formula is C13H18BClFNO2. The van der Waals surface area contributed by atoms with Gasteiger partial charge in [0, 0.05) is 10.6 Å². The van der Waals surface area contributed by atoms with Crippen LogP contribution in [0.5, 0.6) is 0 Å². The molecule has 0 bridgehead atoms. The number of rotatable bonds is 2. The smallest absolute Gasteiger partial charge is 0.402 e. The average Bonchev–Trinajstić information content (AvgIpc) is 2.47. The first kappa shape index (κ1) is 14.8. The Morgan fingerprint density at radius 1 is 1.21 bits per heavy atom. The van der Waals surface area contributed by atoms with E-state index in [1.54, 1.807) is 12.1 Å². The van der Waals surface area contributed by atoms with Crippen LogP contribution in [0, 0.1) is 5.82 Å². The van der Waals surface area contributed by atoms with Gasteiger partial charge in [-0.3, -0.25) is 0 Å². The first-order valence-electron chi connectivity index (χ1n) is 6.20. The lowest BCUT2D eigenvalue weighted by molar-refractivity contribution is 0.00578. The second kappa shape index (κ2) is 4.74.